The molecule has 2 aromatic heterocycles. The Morgan fingerprint density at radius 3 is 2.53 bits per heavy atom. The van der Waals surface area contributed by atoms with Gasteiger partial charge in [-0.15, -0.1) is 0 Å². The van der Waals surface area contributed by atoms with E-state index in [0.29, 0.717) is 44.0 Å². The lowest BCUT2D eigenvalue weighted by atomic mass is 10.0. The molecule has 3 aliphatic rings. The van der Waals surface area contributed by atoms with Crippen LogP contribution in [0.25, 0.3) is 16.6 Å². The summed E-state index contributed by atoms with van der Waals surface area (Å²) in [7, 11) is 0. The molecule has 0 radical (unpaired) electrons. The molecule has 1 amide bonds. The minimum absolute atomic E-state index is 0.0299. The number of rotatable bonds is 6. The van der Waals surface area contributed by atoms with Gasteiger partial charge in [0.15, 0.2) is 0 Å². The first-order valence-electron chi connectivity index (χ1n) is 15.1. The first-order valence-corrected chi connectivity index (χ1v) is 15.1. The van der Waals surface area contributed by atoms with Crippen LogP contribution in [0, 0.1) is 18.3 Å². The average Bonchev–Trinajstić information content (AvgIpc) is 3.00. The molecule has 0 saturated carbocycles. The minimum Gasteiger partial charge on any atom is -0.352 e. The summed E-state index contributed by atoms with van der Waals surface area (Å²) in [5.41, 5.74) is -2.20. The molecule has 1 atom stereocenters. The van der Waals surface area contributed by atoms with Crippen molar-refractivity contribution >= 4 is 28.6 Å². The van der Waals surface area contributed by atoms with Crippen molar-refractivity contribution in [1.29, 1.82) is 5.26 Å². The summed E-state index contributed by atoms with van der Waals surface area (Å²) in [6.07, 6.45) is 1.44. The number of nitrogens with zero attached hydrogens (tertiary/aromatic N) is 9. The zero-order chi connectivity index (χ0) is 31.9. The monoisotopic (exact) mass is 621 g/mol. The molecule has 0 bridgehead atoms. The third-order valence-electron chi connectivity index (χ3n) is 8.99. The summed E-state index contributed by atoms with van der Waals surface area (Å²) in [4.78, 5) is 43.9. The molecule has 1 unspecified atom stereocenters. The Bertz CT molecular complexity index is 1720. The molecular weight excluding hydrogens is 587 g/mol. The molecule has 3 aliphatic heterocycles. The zero-order valence-electron chi connectivity index (χ0n) is 25.0. The highest BCUT2D eigenvalue weighted by Gasteiger charge is 2.38. The third kappa shape index (κ3) is 5.72. The van der Waals surface area contributed by atoms with E-state index in [1.54, 1.807) is 4.90 Å². The fourth-order valence-corrected chi connectivity index (χ4v) is 6.62. The number of carbonyl (C=O) groups is 1. The van der Waals surface area contributed by atoms with Crippen molar-refractivity contribution in [3.05, 3.63) is 58.5 Å². The second-order valence-electron chi connectivity index (χ2n) is 11.8. The lowest BCUT2D eigenvalue weighted by molar-refractivity contribution is -0.138. The predicted molar refractivity (Wildman–Crippen MR) is 162 cm³/mol. The van der Waals surface area contributed by atoms with E-state index in [1.807, 2.05) is 9.80 Å². The number of anilines is 2. The Morgan fingerprint density at radius 1 is 1.09 bits per heavy atom. The molecule has 236 valence electrons. The molecule has 5 heterocycles. The van der Waals surface area contributed by atoms with Gasteiger partial charge in [-0.25, -0.2) is 4.98 Å². The number of aromatic nitrogens is 4. The molecule has 45 heavy (non-hydrogen) atoms. The topological polar surface area (TPSA) is 114 Å². The van der Waals surface area contributed by atoms with Gasteiger partial charge in [0, 0.05) is 38.8 Å². The fourth-order valence-electron chi connectivity index (χ4n) is 6.62. The number of carbonyl (C=O) groups excluding carboxylic acids is 1. The Morgan fingerprint density at radius 2 is 1.84 bits per heavy atom. The van der Waals surface area contributed by atoms with E-state index in [0.717, 1.165) is 30.6 Å². The molecule has 3 aromatic rings. The minimum atomic E-state index is -4.71. The molecule has 0 spiro atoms. The number of hydrogen-bond acceptors (Lipinski definition) is 9. The zero-order valence-corrected chi connectivity index (χ0v) is 25.0. The number of amides is 1. The van der Waals surface area contributed by atoms with Crippen LogP contribution in [0.1, 0.15) is 36.8 Å². The largest absolute Gasteiger partial charge is 0.418 e. The van der Waals surface area contributed by atoms with Gasteiger partial charge in [0.1, 0.15) is 11.3 Å². The van der Waals surface area contributed by atoms with Crippen LogP contribution >= 0.6 is 0 Å². The van der Waals surface area contributed by atoms with E-state index in [4.69, 9.17) is 4.98 Å². The van der Waals surface area contributed by atoms with Gasteiger partial charge in [-0.1, -0.05) is 25.1 Å². The quantitative estimate of drug-likeness (QED) is 0.383. The summed E-state index contributed by atoms with van der Waals surface area (Å²) in [6.45, 7) is 9.21. The van der Waals surface area contributed by atoms with Gasteiger partial charge in [0.25, 0.3) is 5.56 Å². The highest BCUT2D eigenvalue weighted by molar-refractivity contribution is 5.90. The van der Waals surface area contributed by atoms with Gasteiger partial charge >= 0.3 is 6.18 Å². The normalized spacial score (nSPS) is 19.8. The molecule has 0 N–H and O–H groups in total. The van der Waals surface area contributed by atoms with Crippen molar-refractivity contribution < 1.29 is 18.0 Å². The smallest absolute Gasteiger partial charge is 0.352 e. The fraction of sp³-hybridized carbons (Fsp3) is 0.484. The van der Waals surface area contributed by atoms with Crippen LogP contribution in [0.2, 0.25) is 0 Å². The lowest BCUT2D eigenvalue weighted by Crippen LogP contribution is -2.61. The summed E-state index contributed by atoms with van der Waals surface area (Å²) in [6, 6.07) is 6.03. The van der Waals surface area contributed by atoms with Crippen LogP contribution in [0.15, 0.2) is 41.8 Å². The summed E-state index contributed by atoms with van der Waals surface area (Å²) in [5.74, 6) is 0.417. The number of piperazine rings is 1. The molecular formula is C31H34F3N9O2. The van der Waals surface area contributed by atoms with Crippen molar-refractivity contribution in [3.63, 3.8) is 0 Å². The maximum atomic E-state index is 14.1. The number of alkyl halides is 3. The van der Waals surface area contributed by atoms with E-state index < -0.39 is 23.3 Å². The first-order chi connectivity index (χ1) is 21.6. The third-order valence-corrected chi connectivity index (χ3v) is 8.99. The standard InChI is InChI=1S/C31H34F3N9O2/c1-3-25(44)42-15-14-40(17-21(42)10-11-35)28-23-16-36-43(24-9-7-8-20(2)26(24)31(32,33)34)29(45)27(23)37-30(38-28)41-18-22(19-41)39-12-5-4-6-13-39/h3,7-9,16,21-22H,1,4-6,10,12-15,17-19H2,2H3. The summed E-state index contributed by atoms with van der Waals surface area (Å²) in [5, 5.41) is 14.0. The second-order valence-corrected chi connectivity index (χ2v) is 11.8. The van der Waals surface area contributed by atoms with Crippen molar-refractivity contribution in [2.75, 3.05) is 55.6 Å². The number of likely N-dealkylation sites (tertiary alicyclic amines) is 1. The van der Waals surface area contributed by atoms with Crippen molar-refractivity contribution in [2.45, 2.75) is 50.9 Å². The highest BCUT2D eigenvalue weighted by atomic mass is 19.4. The second kappa shape index (κ2) is 12.1. The molecule has 1 aromatic carbocycles. The van der Waals surface area contributed by atoms with E-state index in [2.05, 4.69) is 27.6 Å². The maximum absolute atomic E-state index is 14.1. The number of hydrogen-bond donors (Lipinski definition) is 0. The maximum Gasteiger partial charge on any atom is 0.418 e. The first kappa shape index (κ1) is 30.5. The van der Waals surface area contributed by atoms with Crippen molar-refractivity contribution in [2.24, 2.45) is 0 Å². The van der Waals surface area contributed by atoms with Crippen LogP contribution in [0.5, 0.6) is 0 Å². The Kier molecular flexibility index (Phi) is 8.22. The van der Waals surface area contributed by atoms with Gasteiger partial charge in [-0.05, 0) is 50.6 Å². The number of aryl methyl sites for hydroxylation is 1. The Balaban J connectivity index is 1.44. The number of nitriles is 1. The van der Waals surface area contributed by atoms with E-state index >= 15 is 0 Å². The van der Waals surface area contributed by atoms with Crippen molar-refractivity contribution in [1.82, 2.24) is 29.5 Å². The van der Waals surface area contributed by atoms with Gasteiger partial charge in [0.2, 0.25) is 11.9 Å². The van der Waals surface area contributed by atoms with Gasteiger partial charge < -0.3 is 14.7 Å². The van der Waals surface area contributed by atoms with Gasteiger partial charge in [0.05, 0.1) is 41.4 Å². The van der Waals surface area contributed by atoms with Crippen LogP contribution in [-0.4, -0.2) is 93.4 Å². The van der Waals surface area contributed by atoms with Crippen LogP contribution in [0.4, 0.5) is 24.9 Å². The van der Waals surface area contributed by atoms with Crippen LogP contribution < -0.4 is 15.4 Å². The molecule has 11 nitrogen and oxygen atoms in total. The highest BCUT2D eigenvalue weighted by Crippen LogP contribution is 2.36. The summed E-state index contributed by atoms with van der Waals surface area (Å²) < 4.78 is 43.1. The SMILES string of the molecule is C=CC(=O)N1CCN(c2nc(N3CC(N4CCCCC4)C3)nc3c(=O)n(-c4cccc(C)c4C(F)(F)F)ncc23)CC1CC#N. The van der Waals surface area contributed by atoms with Gasteiger partial charge in [-0.2, -0.15) is 33.2 Å². The molecule has 3 saturated heterocycles. The average molecular weight is 622 g/mol. The number of benzene rings is 1. The summed E-state index contributed by atoms with van der Waals surface area (Å²) >= 11 is 0. The lowest BCUT2D eigenvalue weighted by Gasteiger charge is -2.47. The van der Waals surface area contributed by atoms with Crippen molar-refractivity contribution in [3.8, 4) is 11.8 Å². The molecule has 6 rings (SSSR count). The molecule has 0 aliphatic carbocycles. The Labute approximate surface area is 258 Å². The number of piperidine rings is 1. The Hall–Kier alpha value is -4.51. The van der Waals surface area contributed by atoms with Crippen LogP contribution in [-0.2, 0) is 11.0 Å². The molecule has 14 heteroatoms. The number of fused-ring (bicyclic) bond motifs is 1. The van der Waals surface area contributed by atoms with E-state index in [9.17, 15) is 28.0 Å². The molecule has 3 fully saturated rings. The predicted octanol–water partition coefficient (Wildman–Crippen LogP) is 3.29. The van der Waals surface area contributed by atoms with Crippen LogP contribution in [0.3, 0.4) is 0 Å². The number of halogens is 3. The van der Waals surface area contributed by atoms with E-state index in [-0.39, 0.29) is 41.0 Å². The van der Waals surface area contributed by atoms with E-state index in [1.165, 1.54) is 43.8 Å². The van der Waals surface area contributed by atoms with Gasteiger partial charge in [-0.3, -0.25) is 14.5 Å².